The van der Waals surface area contributed by atoms with Gasteiger partial charge < -0.3 is 21.1 Å². The van der Waals surface area contributed by atoms with Crippen molar-refractivity contribution in [3.05, 3.63) is 95.7 Å². The number of pyridine rings is 2. The summed E-state index contributed by atoms with van der Waals surface area (Å²) in [7, 11) is 1.71. The number of nitrogens with zero attached hydrogens (tertiary/aromatic N) is 2. The molecule has 2 heterocycles. The predicted octanol–water partition coefficient (Wildman–Crippen LogP) is 3.04. The van der Waals surface area contributed by atoms with Gasteiger partial charge in [-0.05, 0) is 30.3 Å². The fourth-order valence-electron chi connectivity index (χ4n) is 3.16. The summed E-state index contributed by atoms with van der Waals surface area (Å²) in [5, 5.41) is 5.23. The predicted molar refractivity (Wildman–Crippen MR) is 129 cm³/mol. The molecule has 0 atom stereocenters. The first-order chi connectivity index (χ1) is 17.2. The summed E-state index contributed by atoms with van der Waals surface area (Å²) in [5.41, 5.74) is 5.88. The molecule has 0 saturated carbocycles. The molecule has 2 aromatic heterocycles. The summed E-state index contributed by atoms with van der Waals surface area (Å²) in [4.78, 5) is 32.1. The standard InChI is InChI=1S/C24H17BF3N5O3/c25-12-7-16(24(35)33-19-3-1-13(26)8-17(19)27)23(31-11-12)32-14-2-4-21(18(28)9-14)36-15-5-6-30-20(10-15)22(29)34/h1-11H,25H2,(H2,29,34)(H,31,32)(H,33,35). The van der Waals surface area contributed by atoms with E-state index < -0.39 is 29.3 Å². The maximum atomic E-state index is 14.7. The van der Waals surface area contributed by atoms with E-state index >= 15 is 0 Å². The molecule has 0 fully saturated rings. The van der Waals surface area contributed by atoms with Gasteiger partial charge in [-0.3, -0.25) is 14.6 Å². The van der Waals surface area contributed by atoms with Crippen molar-refractivity contribution in [3.8, 4) is 11.5 Å². The van der Waals surface area contributed by atoms with Crippen LogP contribution < -0.4 is 26.6 Å². The van der Waals surface area contributed by atoms with E-state index in [0.717, 1.165) is 18.2 Å². The highest BCUT2D eigenvalue weighted by Gasteiger charge is 2.17. The average Bonchev–Trinajstić information content (AvgIpc) is 2.84. The number of rotatable bonds is 7. The number of halogens is 3. The largest absolute Gasteiger partial charge is 0.454 e. The van der Waals surface area contributed by atoms with Gasteiger partial charge in [0.15, 0.2) is 11.6 Å². The number of hydrogen-bond donors (Lipinski definition) is 3. The van der Waals surface area contributed by atoms with Crippen LogP contribution in [0.15, 0.2) is 67.0 Å². The van der Waals surface area contributed by atoms with E-state index in [1.807, 2.05) is 0 Å². The Bertz CT molecular complexity index is 1490. The van der Waals surface area contributed by atoms with Crippen LogP contribution in [0.4, 0.5) is 30.4 Å². The lowest BCUT2D eigenvalue weighted by Crippen LogP contribution is -2.19. The number of nitrogens with two attached hydrogens (primary N) is 1. The molecule has 0 aliphatic heterocycles. The normalized spacial score (nSPS) is 10.5. The van der Waals surface area contributed by atoms with Crippen molar-refractivity contribution < 1.29 is 27.5 Å². The molecule has 0 aliphatic rings. The van der Waals surface area contributed by atoms with Crippen LogP contribution in [0.1, 0.15) is 20.8 Å². The van der Waals surface area contributed by atoms with Gasteiger partial charge in [0.2, 0.25) is 0 Å². The zero-order valence-corrected chi connectivity index (χ0v) is 18.7. The van der Waals surface area contributed by atoms with Gasteiger partial charge in [0.1, 0.15) is 36.7 Å². The Morgan fingerprint density at radius 2 is 1.75 bits per heavy atom. The van der Waals surface area contributed by atoms with Crippen molar-refractivity contribution in [1.82, 2.24) is 9.97 Å². The minimum atomic E-state index is -0.937. The van der Waals surface area contributed by atoms with Gasteiger partial charge >= 0.3 is 0 Å². The molecule has 2 aromatic carbocycles. The SMILES string of the molecule is Bc1cnc(Nc2ccc(Oc3ccnc(C(N)=O)c3)c(F)c2)c(C(=O)Nc2ccc(F)cc2F)c1. The highest BCUT2D eigenvalue weighted by atomic mass is 19.1. The Morgan fingerprint density at radius 1 is 0.944 bits per heavy atom. The molecule has 0 radical (unpaired) electrons. The first kappa shape index (κ1) is 24.3. The molecule has 0 saturated heterocycles. The molecule has 180 valence electrons. The fraction of sp³-hybridized carbons (Fsp3) is 0. The van der Waals surface area contributed by atoms with E-state index in [1.165, 1.54) is 42.7 Å². The Hall–Kier alpha value is -4.87. The highest BCUT2D eigenvalue weighted by molar-refractivity contribution is 6.32. The van der Waals surface area contributed by atoms with E-state index in [1.54, 1.807) is 7.85 Å². The quantitative estimate of drug-likeness (QED) is 0.342. The second kappa shape index (κ2) is 10.2. The molecular weight excluding hydrogens is 474 g/mol. The summed E-state index contributed by atoms with van der Waals surface area (Å²) in [6.07, 6.45) is 2.79. The number of anilines is 3. The molecule has 8 nitrogen and oxygen atoms in total. The van der Waals surface area contributed by atoms with Crippen LogP contribution in [0, 0.1) is 17.5 Å². The average molecular weight is 491 g/mol. The summed E-state index contributed by atoms with van der Waals surface area (Å²) in [6.45, 7) is 0. The van der Waals surface area contributed by atoms with Crippen LogP contribution in [0.5, 0.6) is 11.5 Å². The first-order valence-corrected chi connectivity index (χ1v) is 10.4. The van der Waals surface area contributed by atoms with E-state index in [2.05, 4.69) is 20.6 Å². The topological polar surface area (TPSA) is 119 Å². The molecule has 36 heavy (non-hydrogen) atoms. The molecule has 4 rings (SSSR count). The Balaban J connectivity index is 1.55. The van der Waals surface area contributed by atoms with Crippen LogP contribution in [0.3, 0.4) is 0 Å². The summed E-state index contributed by atoms with van der Waals surface area (Å²) in [6, 6.07) is 10.9. The number of carbonyl (C=O) groups excluding carboxylic acids is 2. The lowest BCUT2D eigenvalue weighted by atomic mass is 9.96. The maximum absolute atomic E-state index is 14.7. The number of amides is 2. The second-order valence-corrected chi connectivity index (χ2v) is 7.60. The van der Waals surface area contributed by atoms with Crippen molar-refractivity contribution in [2.45, 2.75) is 0 Å². The van der Waals surface area contributed by atoms with E-state index in [0.29, 0.717) is 11.5 Å². The van der Waals surface area contributed by atoms with Crippen molar-refractivity contribution >= 4 is 42.3 Å². The van der Waals surface area contributed by atoms with Crippen LogP contribution in [0.2, 0.25) is 0 Å². The summed E-state index contributed by atoms with van der Waals surface area (Å²) < 4.78 is 47.4. The van der Waals surface area contributed by atoms with Crippen LogP contribution in [-0.2, 0) is 0 Å². The second-order valence-electron chi connectivity index (χ2n) is 7.60. The minimum Gasteiger partial charge on any atom is -0.454 e. The number of primary amides is 1. The van der Waals surface area contributed by atoms with Gasteiger partial charge in [-0.25, -0.2) is 18.2 Å². The van der Waals surface area contributed by atoms with Crippen molar-refractivity contribution in [2.24, 2.45) is 5.73 Å². The van der Waals surface area contributed by atoms with Crippen molar-refractivity contribution in [1.29, 1.82) is 0 Å². The number of benzene rings is 2. The van der Waals surface area contributed by atoms with Gasteiger partial charge in [-0.1, -0.05) is 11.5 Å². The van der Waals surface area contributed by atoms with Crippen LogP contribution in [0.25, 0.3) is 0 Å². The molecule has 0 bridgehead atoms. The Kier molecular flexibility index (Phi) is 6.86. The highest BCUT2D eigenvalue weighted by Crippen LogP contribution is 2.28. The monoisotopic (exact) mass is 491 g/mol. The molecule has 12 heteroatoms. The molecule has 0 aliphatic carbocycles. The number of hydrogen-bond acceptors (Lipinski definition) is 6. The molecule has 0 unspecified atom stereocenters. The molecule has 4 N–H and O–H groups in total. The number of carbonyl (C=O) groups is 2. The van der Waals surface area contributed by atoms with Crippen molar-refractivity contribution in [3.63, 3.8) is 0 Å². The third-order valence-electron chi connectivity index (χ3n) is 4.85. The summed E-state index contributed by atoms with van der Waals surface area (Å²) >= 11 is 0. The third kappa shape index (κ3) is 5.61. The maximum Gasteiger partial charge on any atom is 0.267 e. The zero-order valence-electron chi connectivity index (χ0n) is 18.7. The zero-order chi connectivity index (χ0) is 25.8. The Morgan fingerprint density at radius 3 is 2.47 bits per heavy atom. The Labute approximate surface area is 203 Å². The number of ether oxygens (including phenoxy) is 1. The van der Waals surface area contributed by atoms with E-state index in [9.17, 15) is 22.8 Å². The summed E-state index contributed by atoms with van der Waals surface area (Å²) in [5.74, 6) is -3.83. The van der Waals surface area contributed by atoms with Crippen LogP contribution in [-0.4, -0.2) is 29.6 Å². The fourth-order valence-corrected chi connectivity index (χ4v) is 3.16. The first-order valence-electron chi connectivity index (χ1n) is 10.4. The van der Waals surface area contributed by atoms with Gasteiger partial charge in [-0.15, -0.1) is 0 Å². The van der Waals surface area contributed by atoms with Crippen LogP contribution >= 0.6 is 0 Å². The smallest absolute Gasteiger partial charge is 0.267 e. The third-order valence-corrected chi connectivity index (χ3v) is 4.85. The molecule has 4 aromatic rings. The number of nitrogens with one attached hydrogen (secondary N) is 2. The van der Waals surface area contributed by atoms with Gasteiger partial charge in [0.05, 0.1) is 11.3 Å². The number of aromatic nitrogens is 2. The lowest BCUT2D eigenvalue weighted by Gasteiger charge is -2.14. The molecule has 0 spiro atoms. The molecule has 2 amide bonds. The van der Waals surface area contributed by atoms with E-state index in [-0.39, 0.29) is 39.9 Å². The van der Waals surface area contributed by atoms with Gasteiger partial charge in [0, 0.05) is 36.3 Å². The van der Waals surface area contributed by atoms with Gasteiger partial charge in [-0.2, -0.15) is 0 Å². The van der Waals surface area contributed by atoms with Crippen molar-refractivity contribution in [2.75, 3.05) is 10.6 Å². The van der Waals surface area contributed by atoms with E-state index in [4.69, 9.17) is 10.5 Å². The lowest BCUT2D eigenvalue weighted by molar-refractivity contribution is 0.0993. The molecular formula is C24H17BF3N5O3. The minimum absolute atomic E-state index is 0.0389. The van der Waals surface area contributed by atoms with Gasteiger partial charge in [0.25, 0.3) is 11.8 Å².